The summed E-state index contributed by atoms with van der Waals surface area (Å²) in [4.78, 5) is 13.9. The van der Waals surface area contributed by atoms with Crippen molar-refractivity contribution in [3.63, 3.8) is 0 Å². The van der Waals surface area contributed by atoms with Gasteiger partial charge in [-0.05, 0) is 32.7 Å². The van der Waals surface area contributed by atoms with E-state index in [1.54, 1.807) is 0 Å². The van der Waals surface area contributed by atoms with Gasteiger partial charge in [0, 0.05) is 18.5 Å². The Hall–Kier alpha value is -1.03. The van der Waals surface area contributed by atoms with Crippen LogP contribution in [0.15, 0.2) is 11.3 Å². The first-order valence-electron chi connectivity index (χ1n) is 5.87. The number of carbonyl (C=O) groups excluding carboxylic acids is 1. The standard InChI is InChI=1S/C12H19NO3/c1-13-8-4-3-5-9(13)11(12(15)16-2)10(14)7-6-8/h8-9,14H,3-7H2,1-2H3. The van der Waals surface area contributed by atoms with Crippen LogP contribution in [0.4, 0.5) is 0 Å². The summed E-state index contributed by atoms with van der Waals surface area (Å²) in [5.41, 5.74) is 0.479. The van der Waals surface area contributed by atoms with E-state index < -0.39 is 0 Å². The fourth-order valence-corrected chi connectivity index (χ4v) is 2.90. The molecule has 1 saturated heterocycles. The van der Waals surface area contributed by atoms with E-state index in [0.29, 0.717) is 18.0 Å². The van der Waals surface area contributed by atoms with E-state index in [4.69, 9.17) is 4.74 Å². The van der Waals surface area contributed by atoms with Crippen LogP contribution in [0.25, 0.3) is 0 Å². The number of methoxy groups -OCH3 is 1. The molecule has 2 bridgehead atoms. The average molecular weight is 225 g/mol. The molecule has 0 aromatic heterocycles. The number of carbonyl (C=O) groups is 1. The van der Waals surface area contributed by atoms with E-state index in [0.717, 1.165) is 25.7 Å². The Kier molecular flexibility index (Phi) is 3.19. The Morgan fingerprint density at radius 1 is 1.44 bits per heavy atom. The summed E-state index contributed by atoms with van der Waals surface area (Å²) in [5.74, 6) is -0.148. The maximum absolute atomic E-state index is 11.7. The van der Waals surface area contributed by atoms with Crippen molar-refractivity contribution in [2.75, 3.05) is 14.2 Å². The Morgan fingerprint density at radius 2 is 2.19 bits per heavy atom. The quantitative estimate of drug-likeness (QED) is 0.689. The van der Waals surface area contributed by atoms with Gasteiger partial charge in [-0.2, -0.15) is 0 Å². The normalized spacial score (nSPS) is 31.1. The van der Waals surface area contributed by atoms with Gasteiger partial charge in [0.1, 0.15) is 5.76 Å². The van der Waals surface area contributed by atoms with Gasteiger partial charge in [0.15, 0.2) is 0 Å². The molecule has 0 aromatic rings. The number of aliphatic hydroxyl groups excluding tert-OH is 1. The van der Waals surface area contributed by atoms with Gasteiger partial charge in [-0.1, -0.05) is 0 Å². The number of piperidine rings is 1. The molecular formula is C12H19NO3. The fourth-order valence-electron chi connectivity index (χ4n) is 2.90. The lowest BCUT2D eigenvalue weighted by atomic mass is 9.92. The van der Waals surface area contributed by atoms with E-state index >= 15 is 0 Å². The Labute approximate surface area is 95.9 Å². The third-order valence-corrected chi connectivity index (χ3v) is 3.85. The van der Waals surface area contributed by atoms with Crippen LogP contribution in [-0.2, 0) is 9.53 Å². The Balaban J connectivity index is 2.34. The zero-order valence-electron chi connectivity index (χ0n) is 9.90. The topological polar surface area (TPSA) is 49.8 Å². The highest BCUT2D eigenvalue weighted by Gasteiger charge is 2.37. The number of likely N-dealkylation sites (N-methyl/N-ethyl adjacent to an activating group) is 1. The highest BCUT2D eigenvalue weighted by molar-refractivity contribution is 5.90. The first kappa shape index (κ1) is 11.5. The van der Waals surface area contributed by atoms with Crippen LogP contribution in [0.5, 0.6) is 0 Å². The van der Waals surface area contributed by atoms with E-state index in [-0.39, 0.29) is 17.8 Å². The number of hydrogen-bond acceptors (Lipinski definition) is 4. The number of hydrogen-bond donors (Lipinski definition) is 1. The number of nitrogens with zero attached hydrogens (tertiary/aromatic N) is 1. The van der Waals surface area contributed by atoms with Crippen LogP contribution < -0.4 is 0 Å². The summed E-state index contributed by atoms with van der Waals surface area (Å²) in [6, 6.07) is 0.525. The molecule has 0 aliphatic carbocycles. The maximum atomic E-state index is 11.7. The van der Waals surface area contributed by atoms with Crippen LogP contribution >= 0.6 is 0 Å². The second kappa shape index (κ2) is 4.45. The minimum Gasteiger partial charge on any atom is -0.512 e. The number of allylic oxidation sites excluding steroid dienone is 1. The smallest absolute Gasteiger partial charge is 0.338 e. The molecular weight excluding hydrogens is 206 g/mol. The Bertz CT molecular complexity index is 324. The molecule has 2 rings (SSSR count). The molecule has 4 heteroatoms. The molecule has 1 N–H and O–H groups in total. The van der Waals surface area contributed by atoms with Gasteiger partial charge in [0.25, 0.3) is 0 Å². The number of ether oxygens (including phenoxy) is 1. The summed E-state index contributed by atoms with van der Waals surface area (Å²) < 4.78 is 4.77. The molecule has 2 aliphatic heterocycles. The molecule has 2 atom stereocenters. The molecule has 0 radical (unpaired) electrons. The second-order valence-corrected chi connectivity index (χ2v) is 4.66. The minimum absolute atomic E-state index is 0.0358. The van der Waals surface area contributed by atoms with Crippen molar-refractivity contribution in [2.45, 2.75) is 44.2 Å². The zero-order valence-corrected chi connectivity index (χ0v) is 9.90. The molecule has 2 aliphatic rings. The summed E-state index contributed by atoms with van der Waals surface area (Å²) in [6.45, 7) is 0. The average Bonchev–Trinajstić information content (AvgIpc) is 2.37. The molecule has 0 saturated carbocycles. The van der Waals surface area contributed by atoms with Gasteiger partial charge < -0.3 is 9.84 Å². The summed E-state index contributed by atoms with van der Waals surface area (Å²) >= 11 is 0. The predicted octanol–water partition coefficient (Wildman–Crippen LogP) is 1.62. The molecule has 0 spiro atoms. The van der Waals surface area contributed by atoms with Crippen molar-refractivity contribution in [1.82, 2.24) is 4.90 Å². The predicted molar refractivity (Wildman–Crippen MR) is 60.1 cm³/mol. The van der Waals surface area contributed by atoms with Crippen molar-refractivity contribution in [3.05, 3.63) is 11.3 Å². The Morgan fingerprint density at radius 3 is 2.88 bits per heavy atom. The maximum Gasteiger partial charge on any atom is 0.338 e. The summed E-state index contributed by atoms with van der Waals surface area (Å²) in [6.07, 6.45) is 4.74. The monoisotopic (exact) mass is 225 g/mol. The molecule has 90 valence electrons. The summed E-state index contributed by atoms with van der Waals surface area (Å²) in [7, 11) is 3.41. The lowest BCUT2D eigenvalue weighted by Crippen LogP contribution is -2.45. The largest absolute Gasteiger partial charge is 0.512 e. The van der Waals surface area contributed by atoms with Crippen molar-refractivity contribution in [2.24, 2.45) is 0 Å². The van der Waals surface area contributed by atoms with Crippen molar-refractivity contribution in [1.29, 1.82) is 0 Å². The van der Waals surface area contributed by atoms with Crippen LogP contribution in [0.2, 0.25) is 0 Å². The van der Waals surface area contributed by atoms with Gasteiger partial charge in [-0.25, -0.2) is 4.79 Å². The van der Waals surface area contributed by atoms with Crippen LogP contribution in [0, 0.1) is 0 Å². The van der Waals surface area contributed by atoms with Crippen LogP contribution in [0.1, 0.15) is 32.1 Å². The molecule has 0 aromatic carbocycles. The molecule has 4 nitrogen and oxygen atoms in total. The van der Waals surface area contributed by atoms with Crippen molar-refractivity contribution < 1.29 is 14.6 Å². The van der Waals surface area contributed by atoms with Gasteiger partial charge >= 0.3 is 5.97 Å². The minimum atomic E-state index is -0.378. The third-order valence-electron chi connectivity index (χ3n) is 3.85. The van der Waals surface area contributed by atoms with E-state index in [9.17, 15) is 9.90 Å². The fraction of sp³-hybridized carbons (Fsp3) is 0.750. The second-order valence-electron chi connectivity index (χ2n) is 4.66. The van der Waals surface area contributed by atoms with Gasteiger partial charge in [0.05, 0.1) is 12.7 Å². The lowest BCUT2D eigenvalue weighted by Gasteiger charge is -2.38. The molecule has 2 heterocycles. The molecule has 16 heavy (non-hydrogen) atoms. The number of fused-ring (bicyclic) bond motifs is 2. The van der Waals surface area contributed by atoms with Gasteiger partial charge in [0.2, 0.25) is 0 Å². The number of rotatable bonds is 1. The number of aliphatic hydroxyl groups is 1. The van der Waals surface area contributed by atoms with Crippen molar-refractivity contribution in [3.8, 4) is 0 Å². The first-order valence-corrected chi connectivity index (χ1v) is 5.87. The van der Waals surface area contributed by atoms with E-state index in [2.05, 4.69) is 4.90 Å². The first-order chi connectivity index (χ1) is 7.65. The molecule has 0 amide bonds. The van der Waals surface area contributed by atoms with Crippen LogP contribution in [-0.4, -0.2) is 42.2 Å². The highest BCUT2D eigenvalue weighted by atomic mass is 16.5. The van der Waals surface area contributed by atoms with Crippen LogP contribution in [0.3, 0.4) is 0 Å². The van der Waals surface area contributed by atoms with E-state index in [1.165, 1.54) is 7.11 Å². The zero-order chi connectivity index (χ0) is 11.7. The van der Waals surface area contributed by atoms with E-state index in [1.807, 2.05) is 7.05 Å². The SMILES string of the molecule is COC(=O)C1=C(O)CCC2CCCC1N2C. The molecule has 2 unspecified atom stereocenters. The highest BCUT2D eigenvalue weighted by Crippen LogP contribution is 2.34. The molecule has 1 fully saturated rings. The lowest BCUT2D eigenvalue weighted by molar-refractivity contribution is -0.137. The van der Waals surface area contributed by atoms with Gasteiger partial charge in [-0.3, -0.25) is 4.90 Å². The summed E-state index contributed by atoms with van der Waals surface area (Å²) in [5, 5.41) is 9.97. The number of esters is 1. The van der Waals surface area contributed by atoms with Crippen molar-refractivity contribution >= 4 is 5.97 Å². The van der Waals surface area contributed by atoms with Gasteiger partial charge in [-0.15, -0.1) is 0 Å². The third kappa shape index (κ3) is 1.82.